The summed E-state index contributed by atoms with van der Waals surface area (Å²) in [6.07, 6.45) is -0.554. The van der Waals surface area contributed by atoms with Crippen LogP contribution < -0.4 is 10.6 Å². The molecule has 0 aromatic heterocycles. The molecule has 0 radical (unpaired) electrons. The Balaban J connectivity index is 2.13. The number of rotatable bonds is 4. The fourth-order valence-electron chi connectivity index (χ4n) is 2.49. The molecule has 0 fully saturated rings. The Hall–Kier alpha value is -3.15. The van der Waals surface area contributed by atoms with Crippen LogP contribution in [0.5, 0.6) is 0 Å². The largest absolute Gasteiger partial charge is 0.444 e. The van der Waals surface area contributed by atoms with E-state index in [0.717, 1.165) is 5.56 Å². The van der Waals surface area contributed by atoms with Crippen LogP contribution in [0.15, 0.2) is 42.5 Å². The molecule has 0 bridgehead atoms. The summed E-state index contributed by atoms with van der Waals surface area (Å²) >= 11 is 0. The Morgan fingerprint density at radius 3 is 2.04 bits per heavy atom. The molecule has 0 saturated carbocycles. The highest BCUT2D eigenvalue weighted by molar-refractivity contribution is 6.10. The first-order valence-electron chi connectivity index (χ1n) is 8.58. The van der Waals surface area contributed by atoms with Gasteiger partial charge in [0.15, 0.2) is 5.78 Å². The van der Waals surface area contributed by atoms with Crippen LogP contribution in [0.3, 0.4) is 0 Å². The molecule has 0 heterocycles. The summed E-state index contributed by atoms with van der Waals surface area (Å²) in [4.78, 5) is 36.2. The van der Waals surface area contributed by atoms with Crippen molar-refractivity contribution in [2.45, 2.75) is 33.3 Å². The lowest BCUT2D eigenvalue weighted by Gasteiger charge is -2.19. The van der Waals surface area contributed by atoms with Crippen molar-refractivity contribution in [1.82, 2.24) is 5.32 Å². The molecule has 0 saturated heterocycles. The molecule has 0 aliphatic heterocycles. The summed E-state index contributed by atoms with van der Waals surface area (Å²) in [6.45, 7) is 7.14. The summed E-state index contributed by atoms with van der Waals surface area (Å²) in [6, 6.07) is 11.5. The maximum absolute atomic E-state index is 12.7. The summed E-state index contributed by atoms with van der Waals surface area (Å²) in [5.41, 5.74) is 2.18. The number of carbonyl (C=O) groups excluding carboxylic acids is 3. The van der Waals surface area contributed by atoms with Crippen LogP contribution >= 0.6 is 0 Å². The average molecular weight is 368 g/mol. The molecule has 6 heteroatoms. The monoisotopic (exact) mass is 368 g/mol. The van der Waals surface area contributed by atoms with Crippen LogP contribution in [-0.4, -0.2) is 30.4 Å². The van der Waals surface area contributed by atoms with Crippen LogP contribution in [-0.2, 0) is 4.74 Å². The van der Waals surface area contributed by atoms with E-state index in [1.807, 2.05) is 0 Å². The van der Waals surface area contributed by atoms with Gasteiger partial charge in [0.1, 0.15) is 5.60 Å². The zero-order chi connectivity index (χ0) is 20.2. The first kappa shape index (κ1) is 20.2. The van der Waals surface area contributed by atoms with Crippen molar-refractivity contribution < 1.29 is 19.1 Å². The van der Waals surface area contributed by atoms with E-state index < -0.39 is 11.7 Å². The molecule has 0 spiro atoms. The van der Waals surface area contributed by atoms with Gasteiger partial charge in [-0.2, -0.15) is 0 Å². The van der Waals surface area contributed by atoms with Gasteiger partial charge in [-0.1, -0.05) is 6.07 Å². The first-order chi connectivity index (χ1) is 12.6. The van der Waals surface area contributed by atoms with Crippen LogP contribution in [0, 0.1) is 6.92 Å². The molecule has 142 valence electrons. The predicted molar refractivity (Wildman–Crippen MR) is 104 cm³/mol. The number of amides is 2. The second-order valence-electron chi connectivity index (χ2n) is 7.14. The van der Waals surface area contributed by atoms with E-state index >= 15 is 0 Å². The molecule has 0 unspecified atom stereocenters. The van der Waals surface area contributed by atoms with Crippen molar-refractivity contribution in [3.63, 3.8) is 0 Å². The zero-order valence-electron chi connectivity index (χ0n) is 16.2. The third kappa shape index (κ3) is 5.41. The number of aryl methyl sites for hydroxylation is 1. The second-order valence-corrected chi connectivity index (χ2v) is 7.14. The maximum Gasteiger partial charge on any atom is 0.412 e. The number of benzene rings is 2. The zero-order valence-corrected chi connectivity index (χ0v) is 16.2. The Labute approximate surface area is 158 Å². The van der Waals surface area contributed by atoms with Gasteiger partial charge in [-0.3, -0.25) is 14.9 Å². The quantitative estimate of drug-likeness (QED) is 0.801. The van der Waals surface area contributed by atoms with Crippen LogP contribution in [0.4, 0.5) is 10.5 Å². The second kappa shape index (κ2) is 8.03. The smallest absolute Gasteiger partial charge is 0.412 e. The molecular formula is C21H24N2O4. The summed E-state index contributed by atoms with van der Waals surface area (Å²) in [5.74, 6) is -0.352. The molecule has 0 aliphatic rings. The highest BCUT2D eigenvalue weighted by atomic mass is 16.6. The number of ether oxygens (including phenoxy) is 1. The SMILES string of the molecule is CNC(=O)c1ccc(C(=O)c2ccc(NC(=O)OC(C)(C)C)cc2)cc1C. The Bertz CT molecular complexity index is 865. The van der Waals surface area contributed by atoms with Crippen molar-refractivity contribution >= 4 is 23.5 Å². The molecule has 2 N–H and O–H groups in total. The van der Waals surface area contributed by atoms with Crippen LogP contribution in [0.1, 0.15) is 52.6 Å². The standard InChI is InChI=1S/C21H24N2O4/c1-13-12-15(8-11-17(13)19(25)22-5)18(24)14-6-9-16(10-7-14)23-20(26)27-21(2,3)4/h6-12H,1-5H3,(H,22,25)(H,23,26). The lowest BCUT2D eigenvalue weighted by molar-refractivity contribution is 0.0635. The number of hydrogen-bond acceptors (Lipinski definition) is 4. The van der Waals surface area contributed by atoms with E-state index in [-0.39, 0.29) is 11.7 Å². The van der Waals surface area contributed by atoms with Gasteiger partial charge in [0.2, 0.25) is 0 Å². The van der Waals surface area contributed by atoms with Gasteiger partial charge >= 0.3 is 6.09 Å². The molecule has 2 rings (SSSR count). The van der Waals surface area contributed by atoms with Gasteiger partial charge in [-0.05, 0) is 69.7 Å². The minimum atomic E-state index is -0.585. The summed E-state index contributed by atoms with van der Waals surface area (Å²) in [5, 5.41) is 5.19. The molecule has 27 heavy (non-hydrogen) atoms. The number of nitrogens with one attached hydrogen (secondary N) is 2. The first-order valence-corrected chi connectivity index (χ1v) is 8.58. The topological polar surface area (TPSA) is 84.5 Å². The average Bonchev–Trinajstić information content (AvgIpc) is 2.59. The van der Waals surface area contributed by atoms with Crippen molar-refractivity contribution in [2.24, 2.45) is 0 Å². The lowest BCUT2D eigenvalue weighted by atomic mass is 9.98. The highest BCUT2D eigenvalue weighted by Crippen LogP contribution is 2.18. The van der Waals surface area contributed by atoms with Gasteiger partial charge in [0.25, 0.3) is 5.91 Å². The van der Waals surface area contributed by atoms with Crippen LogP contribution in [0.25, 0.3) is 0 Å². The fraction of sp³-hybridized carbons (Fsp3) is 0.286. The van der Waals surface area contributed by atoms with Crippen molar-refractivity contribution in [3.05, 3.63) is 64.7 Å². The predicted octanol–water partition coefficient (Wildman–Crippen LogP) is 3.93. The van der Waals surface area contributed by atoms with E-state index in [1.165, 1.54) is 0 Å². The number of anilines is 1. The van der Waals surface area contributed by atoms with E-state index in [0.29, 0.717) is 22.4 Å². The maximum atomic E-state index is 12.7. The van der Waals surface area contributed by atoms with Gasteiger partial charge in [-0.25, -0.2) is 4.79 Å². The lowest BCUT2D eigenvalue weighted by Crippen LogP contribution is -2.27. The fourth-order valence-corrected chi connectivity index (χ4v) is 2.49. The van der Waals surface area contributed by atoms with Gasteiger partial charge < -0.3 is 10.1 Å². The summed E-state index contributed by atoms with van der Waals surface area (Å²) in [7, 11) is 1.56. The van der Waals surface area contributed by atoms with Crippen molar-refractivity contribution in [3.8, 4) is 0 Å². The molecule has 6 nitrogen and oxygen atoms in total. The molecule has 2 amide bonds. The summed E-state index contributed by atoms with van der Waals surface area (Å²) < 4.78 is 5.19. The molecule has 2 aromatic rings. The Kier molecular flexibility index (Phi) is 6.00. The third-order valence-corrected chi connectivity index (χ3v) is 3.75. The van der Waals surface area contributed by atoms with E-state index in [9.17, 15) is 14.4 Å². The molecule has 0 aliphatic carbocycles. The molecule has 2 aromatic carbocycles. The Morgan fingerprint density at radius 1 is 0.926 bits per heavy atom. The van der Waals surface area contributed by atoms with Gasteiger partial charge in [-0.15, -0.1) is 0 Å². The van der Waals surface area contributed by atoms with E-state index in [2.05, 4.69) is 10.6 Å². The van der Waals surface area contributed by atoms with E-state index in [4.69, 9.17) is 4.74 Å². The van der Waals surface area contributed by atoms with Crippen molar-refractivity contribution in [1.29, 1.82) is 0 Å². The normalized spacial score (nSPS) is 10.9. The minimum Gasteiger partial charge on any atom is -0.444 e. The highest BCUT2D eigenvalue weighted by Gasteiger charge is 2.17. The van der Waals surface area contributed by atoms with Crippen LogP contribution in [0.2, 0.25) is 0 Å². The Morgan fingerprint density at radius 2 is 1.52 bits per heavy atom. The van der Waals surface area contributed by atoms with E-state index in [1.54, 1.807) is 77.2 Å². The number of ketones is 1. The van der Waals surface area contributed by atoms with Gasteiger partial charge in [0, 0.05) is 29.4 Å². The minimum absolute atomic E-state index is 0.162. The molecule has 0 atom stereocenters. The molecular weight excluding hydrogens is 344 g/mol. The number of carbonyl (C=O) groups is 3. The number of hydrogen-bond donors (Lipinski definition) is 2. The van der Waals surface area contributed by atoms with Gasteiger partial charge in [0.05, 0.1) is 0 Å². The van der Waals surface area contributed by atoms with Crippen molar-refractivity contribution in [2.75, 3.05) is 12.4 Å². The third-order valence-electron chi connectivity index (χ3n) is 3.75.